The molecule has 1 aromatic carbocycles. The first kappa shape index (κ1) is 12.5. The fraction of sp³-hybridized carbons (Fsp3) is 0.111. The van der Waals surface area contributed by atoms with Crippen molar-refractivity contribution in [2.24, 2.45) is 7.05 Å². The van der Waals surface area contributed by atoms with Crippen LogP contribution in [0.25, 0.3) is 0 Å². The van der Waals surface area contributed by atoms with Crippen molar-refractivity contribution < 1.29 is 14.1 Å². The average Bonchev–Trinajstić information content (AvgIpc) is 2.74. The number of aromatic nitrogens is 4. The fourth-order valence-corrected chi connectivity index (χ4v) is 1.30. The zero-order valence-corrected chi connectivity index (χ0v) is 9.57. The van der Waals surface area contributed by atoms with Crippen LogP contribution in [0, 0.1) is 15.9 Å². The van der Waals surface area contributed by atoms with E-state index >= 15 is 0 Å². The number of carbonyl (C=O) groups is 1. The number of halogens is 1. The van der Waals surface area contributed by atoms with Crippen molar-refractivity contribution in [3.8, 4) is 0 Å². The predicted octanol–water partition coefficient (Wildman–Crippen LogP) is 0.510. The minimum absolute atomic E-state index is 0.0498. The molecular formula is C9H7FN6O3. The van der Waals surface area contributed by atoms with Crippen LogP contribution in [0.3, 0.4) is 0 Å². The maximum absolute atomic E-state index is 13.3. The molecule has 0 unspecified atom stereocenters. The van der Waals surface area contributed by atoms with Crippen molar-refractivity contribution >= 4 is 17.5 Å². The standard InChI is InChI=1S/C9H7FN6O3/c1-15-13-9(12-14-15)11-8(17)5-2-3-7(16(18)19)6(10)4-5/h2-4H,1H3,(H,11,13,17). The third-order valence-corrected chi connectivity index (χ3v) is 2.14. The van der Waals surface area contributed by atoms with Gasteiger partial charge in [-0.1, -0.05) is 5.10 Å². The Morgan fingerprint density at radius 3 is 2.79 bits per heavy atom. The summed E-state index contributed by atoms with van der Waals surface area (Å²) in [6.45, 7) is 0. The quantitative estimate of drug-likeness (QED) is 0.639. The Bertz CT molecular complexity index is 655. The molecule has 1 N–H and O–H groups in total. The first-order chi connectivity index (χ1) is 8.97. The lowest BCUT2D eigenvalue weighted by Crippen LogP contribution is -2.13. The van der Waals surface area contributed by atoms with Crippen molar-refractivity contribution in [1.82, 2.24) is 20.2 Å². The number of benzene rings is 1. The van der Waals surface area contributed by atoms with Gasteiger partial charge in [0.05, 0.1) is 12.0 Å². The molecule has 1 aromatic heterocycles. The maximum Gasteiger partial charge on any atom is 0.304 e. The van der Waals surface area contributed by atoms with Crippen molar-refractivity contribution in [1.29, 1.82) is 0 Å². The van der Waals surface area contributed by atoms with Gasteiger partial charge in [0, 0.05) is 11.6 Å². The van der Waals surface area contributed by atoms with Gasteiger partial charge >= 0.3 is 5.69 Å². The Hall–Kier alpha value is -2.91. The lowest BCUT2D eigenvalue weighted by atomic mass is 10.2. The van der Waals surface area contributed by atoms with E-state index in [9.17, 15) is 19.3 Å². The molecule has 10 heteroatoms. The van der Waals surface area contributed by atoms with Gasteiger partial charge in [0.1, 0.15) is 0 Å². The Morgan fingerprint density at radius 1 is 1.53 bits per heavy atom. The molecule has 1 amide bonds. The monoisotopic (exact) mass is 266 g/mol. The summed E-state index contributed by atoms with van der Waals surface area (Å²) in [5, 5.41) is 23.4. The second-order valence-electron chi connectivity index (χ2n) is 3.48. The molecule has 0 bridgehead atoms. The smallest absolute Gasteiger partial charge is 0.288 e. The molecule has 0 fully saturated rings. The maximum atomic E-state index is 13.3. The first-order valence-corrected chi connectivity index (χ1v) is 4.96. The van der Waals surface area contributed by atoms with E-state index in [0.717, 1.165) is 23.0 Å². The van der Waals surface area contributed by atoms with E-state index in [1.807, 2.05) is 0 Å². The third-order valence-electron chi connectivity index (χ3n) is 2.14. The van der Waals surface area contributed by atoms with Crippen LogP contribution in [0.1, 0.15) is 10.4 Å². The van der Waals surface area contributed by atoms with E-state index in [1.165, 1.54) is 7.05 Å². The van der Waals surface area contributed by atoms with Crippen molar-refractivity contribution in [2.75, 3.05) is 5.32 Å². The third kappa shape index (κ3) is 2.68. The average molecular weight is 266 g/mol. The summed E-state index contributed by atoms with van der Waals surface area (Å²) in [5.41, 5.74) is -0.787. The Balaban J connectivity index is 2.20. The first-order valence-electron chi connectivity index (χ1n) is 4.96. The number of amides is 1. The SMILES string of the molecule is Cn1nnc(NC(=O)c2ccc([N+](=O)[O-])c(F)c2)n1. The number of hydrogen-bond acceptors (Lipinski definition) is 6. The summed E-state index contributed by atoms with van der Waals surface area (Å²) in [7, 11) is 1.51. The second-order valence-corrected chi connectivity index (χ2v) is 3.48. The normalized spacial score (nSPS) is 10.2. The van der Waals surface area contributed by atoms with Crippen LogP contribution < -0.4 is 5.32 Å². The number of nitrogens with zero attached hydrogens (tertiary/aromatic N) is 5. The Labute approximate surface area is 105 Å². The predicted molar refractivity (Wildman–Crippen MR) is 59.8 cm³/mol. The van der Waals surface area contributed by atoms with Gasteiger partial charge in [-0.3, -0.25) is 20.2 Å². The molecule has 19 heavy (non-hydrogen) atoms. The molecular weight excluding hydrogens is 259 g/mol. The van der Waals surface area contributed by atoms with Gasteiger partial charge in [-0.25, -0.2) is 0 Å². The molecule has 0 aliphatic heterocycles. The molecule has 2 rings (SSSR count). The highest BCUT2D eigenvalue weighted by Crippen LogP contribution is 2.18. The number of tetrazole rings is 1. The van der Waals surface area contributed by atoms with E-state index in [-0.39, 0.29) is 11.5 Å². The van der Waals surface area contributed by atoms with Crippen molar-refractivity contribution in [2.45, 2.75) is 0 Å². The summed E-state index contributed by atoms with van der Waals surface area (Å²) < 4.78 is 13.3. The number of anilines is 1. The summed E-state index contributed by atoms with van der Waals surface area (Å²) in [5.74, 6) is -1.84. The largest absolute Gasteiger partial charge is 0.304 e. The highest BCUT2D eigenvalue weighted by molar-refractivity contribution is 6.03. The Kier molecular flexibility index (Phi) is 3.14. The van der Waals surface area contributed by atoms with Crippen LogP contribution >= 0.6 is 0 Å². The van der Waals surface area contributed by atoms with Crippen LogP contribution in [0.4, 0.5) is 16.0 Å². The second kappa shape index (κ2) is 4.76. The molecule has 0 spiro atoms. The number of nitro benzene ring substituents is 1. The topological polar surface area (TPSA) is 116 Å². The number of aryl methyl sites for hydroxylation is 1. The van der Waals surface area contributed by atoms with Crippen LogP contribution in [-0.4, -0.2) is 31.0 Å². The Morgan fingerprint density at radius 2 is 2.26 bits per heavy atom. The molecule has 1 heterocycles. The van der Waals surface area contributed by atoms with Crippen LogP contribution in [0.2, 0.25) is 0 Å². The summed E-state index contributed by atoms with van der Waals surface area (Å²) in [4.78, 5) is 22.4. The molecule has 0 aliphatic carbocycles. The van der Waals surface area contributed by atoms with E-state index in [0.29, 0.717) is 0 Å². The van der Waals surface area contributed by atoms with E-state index in [4.69, 9.17) is 0 Å². The summed E-state index contributed by atoms with van der Waals surface area (Å²) in [6.07, 6.45) is 0. The molecule has 9 nitrogen and oxygen atoms in total. The minimum Gasteiger partial charge on any atom is -0.288 e. The van der Waals surface area contributed by atoms with Crippen LogP contribution in [0.15, 0.2) is 18.2 Å². The van der Waals surface area contributed by atoms with E-state index in [2.05, 4.69) is 20.7 Å². The van der Waals surface area contributed by atoms with Gasteiger partial charge < -0.3 is 0 Å². The van der Waals surface area contributed by atoms with Gasteiger partial charge in [-0.15, -0.1) is 5.10 Å². The zero-order chi connectivity index (χ0) is 14.0. The molecule has 2 aromatic rings. The van der Waals surface area contributed by atoms with E-state index < -0.39 is 22.3 Å². The van der Waals surface area contributed by atoms with Gasteiger partial charge in [0.25, 0.3) is 11.9 Å². The van der Waals surface area contributed by atoms with Gasteiger partial charge in [0.2, 0.25) is 5.82 Å². The highest BCUT2D eigenvalue weighted by Gasteiger charge is 2.17. The lowest BCUT2D eigenvalue weighted by molar-refractivity contribution is -0.387. The summed E-state index contributed by atoms with van der Waals surface area (Å²) in [6, 6.07) is 2.81. The van der Waals surface area contributed by atoms with Crippen molar-refractivity contribution in [3.63, 3.8) is 0 Å². The molecule has 0 atom stereocenters. The number of nitro groups is 1. The van der Waals surface area contributed by atoms with Gasteiger partial charge in [0.15, 0.2) is 0 Å². The summed E-state index contributed by atoms with van der Waals surface area (Å²) >= 11 is 0. The van der Waals surface area contributed by atoms with Gasteiger partial charge in [-0.05, 0) is 17.3 Å². The lowest BCUT2D eigenvalue weighted by Gasteiger charge is -2.01. The molecule has 0 aliphatic rings. The molecule has 0 saturated heterocycles. The fourth-order valence-electron chi connectivity index (χ4n) is 1.30. The van der Waals surface area contributed by atoms with E-state index in [1.54, 1.807) is 0 Å². The van der Waals surface area contributed by atoms with Gasteiger partial charge in [-0.2, -0.15) is 9.19 Å². The highest BCUT2D eigenvalue weighted by atomic mass is 19.1. The molecule has 98 valence electrons. The number of nitrogens with one attached hydrogen (secondary N) is 1. The minimum atomic E-state index is -1.09. The zero-order valence-electron chi connectivity index (χ0n) is 9.57. The number of hydrogen-bond donors (Lipinski definition) is 1. The number of rotatable bonds is 3. The van der Waals surface area contributed by atoms with Crippen molar-refractivity contribution in [3.05, 3.63) is 39.7 Å². The molecule has 0 radical (unpaired) electrons. The molecule has 0 saturated carbocycles. The van der Waals surface area contributed by atoms with Crippen LogP contribution in [-0.2, 0) is 7.05 Å². The van der Waals surface area contributed by atoms with Crippen LogP contribution in [0.5, 0.6) is 0 Å². The number of carbonyl (C=O) groups excluding carboxylic acids is 1.